The molecule has 0 rings (SSSR count). The van der Waals surface area contributed by atoms with Crippen LogP contribution in [0.3, 0.4) is 0 Å². The first kappa shape index (κ1) is 42.3. The van der Waals surface area contributed by atoms with Crippen LogP contribution in [-0.2, 0) is 15.7 Å². The zero-order chi connectivity index (χ0) is 32.2. The van der Waals surface area contributed by atoms with Gasteiger partial charge in [-0.15, -0.1) is 0 Å². The van der Waals surface area contributed by atoms with Crippen molar-refractivity contribution in [3.8, 4) is 0 Å². The Hall–Kier alpha value is 0.277. The molecule has 2 atom stereocenters. The first-order chi connectivity index (χ1) is 19.8. The van der Waals surface area contributed by atoms with E-state index in [4.69, 9.17) is 6.15 Å². The number of hydrogen-bond donors (Lipinski definition) is 0. The molecular weight excluding hydrogens is 734 g/mol. The van der Waals surface area contributed by atoms with Crippen molar-refractivity contribution in [3.63, 3.8) is 0 Å². The summed E-state index contributed by atoms with van der Waals surface area (Å²) in [5, 5.41) is 0. The van der Waals surface area contributed by atoms with E-state index >= 15 is 0 Å². The second-order valence-corrected chi connectivity index (χ2v) is 28.6. The van der Waals surface area contributed by atoms with Crippen LogP contribution in [0.2, 0.25) is 17.7 Å². The second-order valence-electron chi connectivity index (χ2n) is 14.8. The zero-order valence-electron chi connectivity index (χ0n) is 30.2. The molecule has 0 saturated carbocycles. The van der Waals surface area contributed by atoms with Crippen molar-refractivity contribution in [2.45, 2.75) is 165 Å². The Kier molecular flexibility index (Phi) is 24.7. The van der Waals surface area contributed by atoms with Gasteiger partial charge in [-0.3, -0.25) is 0 Å². The van der Waals surface area contributed by atoms with Crippen molar-refractivity contribution in [1.82, 2.24) is 0 Å². The molecule has 0 aromatic rings. The van der Waals surface area contributed by atoms with Crippen LogP contribution in [0.25, 0.3) is 0 Å². The van der Waals surface area contributed by atoms with Gasteiger partial charge < -0.3 is 0 Å². The quantitative estimate of drug-likeness (QED) is 0.0720. The van der Waals surface area contributed by atoms with Gasteiger partial charge in [-0.1, -0.05) is 0 Å². The van der Waals surface area contributed by atoms with E-state index in [1.165, 1.54) is 0 Å². The third kappa shape index (κ3) is 19.6. The Morgan fingerprint density at radius 3 is 1.02 bits per heavy atom. The van der Waals surface area contributed by atoms with Gasteiger partial charge in [-0.2, -0.15) is 0 Å². The van der Waals surface area contributed by atoms with Crippen LogP contribution in [-0.4, -0.2) is 52.3 Å². The van der Waals surface area contributed by atoms with Crippen LogP contribution in [0.1, 0.15) is 147 Å². The molecule has 0 N–H and O–H groups in total. The zero-order valence-corrected chi connectivity index (χ0v) is 36.7. The summed E-state index contributed by atoms with van der Waals surface area (Å²) in [7, 11) is 0. The fourth-order valence-electron chi connectivity index (χ4n) is 6.06. The summed E-state index contributed by atoms with van der Waals surface area (Å²) >= 11 is -5.20. The van der Waals surface area contributed by atoms with E-state index in [0.29, 0.717) is 59.5 Å². The van der Waals surface area contributed by atoms with E-state index in [2.05, 4.69) is 83.1 Å². The fraction of sp³-hybridized carbons (Fsp3) is 0.889. The summed E-state index contributed by atoms with van der Waals surface area (Å²) in [6.45, 7) is 26.9. The third-order valence-electron chi connectivity index (χ3n) is 8.41. The Bertz CT molecular complexity index is 677. The maximum atomic E-state index is 14.3. The molecule has 0 bridgehead atoms. The average molecular weight is 806 g/mol. The molecule has 42 heavy (non-hydrogen) atoms. The van der Waals surface area contributed by atoms with Gasteiger partial charge in [-0.05, 0) is 0 Å². The van der Waals surface area contributed by atoms with Gasteiger partial charge in [-0.25, -0.2) is 0 Å². The van der Waals surface area contributed by atoms with Crippen LogP contribution >= 0.6 is 0 Å². The molecule has 0 saturated heterocycles. The van der Waals surface area contributed by atoms with E-state index < -0.39 is 40.3 Å². The predicted molar refractivity (Wildman–Crippen MR) is 188 cm³/mol. The van der Waals surface area contributed by atoms with Gasteiger partial charge in [0.2, 0.25) is 0 Å². The van der Waals surface area contributed by atoms with Gasteiger partial charge in [0.05, 0.1) is 0 Å². The van der Waals surface area contributed by atoms with Crippen molar-refractivity contribution in [2.75, 3.05) is 0 Å². The number of rotatable bonds is 24. The van der Waals surface area contributed by atoms with E-state index in [1.807, 2.05) is 0 Å². The maximum absolute atomic E-state index is 14.3. The first-order valence-corrected chi connectivity index (χ1v) is 29.9. The number of hydrogen-bond acceptors (Lipinski definition) is 4. The van der Waals surface area contributed by atoms with Crippen LogP contribution < -0.4 is 0 Å². The first-order valence-electron chi connectivity index (χ1n) is 17.9. The molecule has 0 heterocycles. The minimum absolute atomic E-state index is 0.163. The molecule has 0 amide bonds. The molecule has 248 valence electrons. The van der Waals surface area contributed by atoms with Crippen LogP contribution in [0.5, 0.6) is 0 Å². The van der Waals surface area contributed by atoms with Crippen molar-refractivity contribution >= 4 is 52.3 Å². The molecular formula is C36H72O4Sn2. The molecule has 0 radical (unpaired) electrons. The molecule has 0 aliphatic heterocycles. The second kappa shape index (κ2) is 24.5. The topological polar surface area (TPSA) is 52.6 Å². The Morgan fingerprint density at radius 1 is 0.524 bits per heavy atom. The minimum atomic E-state index is -2.60. The van der Waals surface area contributed by atoms with Gasteiger partial charge in [0.25, 0.3) is 0 Å². The van der Waals surface area contributed by atoms with Crippen LogP contribution in [0, 0.1) is 35.5 Å². The van der Waals surface area contributed by atoms with Gasteiger partial charge >= 0.3 is 280 Å². The summed E-state index contributed by atoms with van der Waals surface area (Å²) in [4.78, 5) is 28.6. The van der Waals surface area contributed by atoms with Crippen LogP contribution in [0.15, 0.2) is 11.1 Å². The molecule has 6 heteroatoms. The molecule has 0 aliphatic rings. The standard InChI is InChI=1S/C20H36O4.4C4H9.2Sn.2H/c1-5-9-11-15(7-3)13-17(19(21)22)18(20(23)24)14-16(8-4)12-10-6-2;4*1-4(2)3;;;;/h15-16H,5-14H2,1-4H3,(H,21,22)(H,23,24);4*4H,1H2,2-3H3;;;;/q;;;;;2*+1;;/p-2/b18-17-;;;;;;;;. The Balaban J connectivity index is 6.88. The molecule has 0 aromatic carbocycles. The van der Waals surface area contributed by atoms with Gasteiger partial charge in [0, 0.05) is 0 Å². The SMILES string of the molecule is CCCCC(CC)C/C(C(=O)[O][SnH]([CH2]C(C)C)[CH2]C(C)C)=C(\CC(CC)CCCC)C(=O)[O][SnH]([CH2]C(C)C)[CH2]C(C)C. The van der Waals surface area contributed by atoms with Crippen molar-refractivity contribution in [2.24, 2.45) is 35.5 Å². The van der Waals surface area contributed by atoms with E-state index in [0.717, 1.165) is 69.1 Å². The van der Waals surface area contributed by atoms with E-state index in [1.54, 1.807) is 0 Å². The number of unbranched alkanes of at least 4 members (excludes halogenated alkanes) is 2. The summed E-state index contributed by atoms with van der Waals surface area (Å²) < 4.78 is 17.4. The fourth-order valence-corrected chi connectivity index (χ4v) is 22.8. The van der Waals surface area contributed by atoms with Gasteiger partial charge in [0.1, 0.15) is 0 Å². The van der Waals surface area contributed by atoms with E-state index in [9.17, 15) is 9.59 Å². The molecule has 4 nitrogen and oxygen atoms in total. The summed E-state index contributed by atoms with van der Waals surface area (Å²) in [5.41, 5.74) is 1.37. The van der Waals surface area contributed by atoms with Gasteiger partial charge in [0.15, 0.2) is 0 Å². The van der Waals surface area contributed by atoms with E-state index in [-0.39, 0.29) is 11.9 Å². The average Bonchev–Trinajstić information content (AvgIpc) is 2.87. The monoisotopic (exact) mass is 808 g/mol. The third-order valence-corrected chi connectivity index (χ3v) is 28.3. The number of carbonyl (C=O) groups is 2. The predicted octanol–water partition coefficient (Wildman–Crippen LogP) is 10.7. The summed E-state index contributed by atoms with van der Waals surface area (Å²) in [6.07, 6.45) is 10.1. The Morgan fingerprint density at radius 2 is 0.810 bits per heavy atom. The molecule has 0 aliphatic carbocycles. The molecule has 0 aromatic heterocycles. The summed E-state index contributed by atoms with van der Waals surface area (Å²) in [5.74, 6) is 2.57. The Labute approximate surface area is 277 Å². The molecule has 2 unspecified atom stereocenters. The molecule has 0 fully saturated rings. The van der Waals surface area contributed by atoms with Crippen molar-refractivity contribution < 1.29 is 15.7 Å². The number of carbonyl (C=O) groups excluding carboxylic acids is 2. The van der Waals surface area contributed by atoms with Crippen molar-refractivity contribution in [1.29, 1.82) is 0 Å². The van der Waals surface area contributed by atoms with Crippen molar-refractivity contribution in [3.05, 3.63) is 11.1 Å². The molecule has 0 spiro atoms. The summed E-state index contributed by atoms with van der Waals surface area (Å²) in [6, 6.07) is 0. The normalized spacial score (nSPS) is 14.3. The van der Waals surface area contributed by atoms with Crippen LogP contribution in [0.4, 0.5) is 0 Å².